The first kappa shape index (κ1) is 14.6. The van der Waals surface area contributed by atoms with E-state index >= 15 is 0 Å². The summed E-state index contributed by atoms with van der Waals surface area (Å²) in [5.41, 5.74) is 5.39. The zero-order valence-corrected chi connectivity index (χ0v) is 14.0. The number of hydrogen-bond donors (Lipinski definition) is 0. The molecule has 0 spiro atoms. The lowest BCUT2D eigenvalue weighted by Gasteiger charge is -2.28. The molecule has 0 bridgehead atoms. The molecule has 0 N–H and O–H groups in total. The summed E-state index contributed by atoms with van der Waals surface area (Å²) >= 11 is 0. The number of fused-ring (bicyclic) bond motifs is 1. The van der Waals surface area contributed by atoms with Crippen molar-refractivity contribution in [2.24, 2.45) is 0 Å². The highest BCUT2D eigenvalue weighted by Gasteiger charge is 2.45. The van der Waals surface area contributed by atoms with Gasteiger partial charge in [0.15, 0.2) is 0 Å². The first-order valence-electron chi connectivity index (χ1n) is 8.44. The van der Waals surface area contributed by atoms with Crippen molar-refractivity contribution < 1.29 is 4.79 Å². The van der Waals surface area contributed by atoms with E-state index < -0.39 is 5.41 Å². The van der Waals surface area contributed by atoms with Gasteiger partial charge in [0.25, 0.3) is 0 Å². The van der Waals surface area contributed by atoms with Gasteiger partial charge in [-0.25, -0.2) is 9.97 Å². The summed E-state index contributed by atoms with van der Waals surface area (Å²) in [6.07, 6.45) is 5.81. The van der Waals surface area contributed by atoms with E-state index in [0.29, 0.717) is 12.3 Å². The Morgan fingerprint density at radius 3 is 2.70 bits per heavy atom. The van der Waals surface area contributed by atoms with Crippen LogP contribution in [0.15, 0.2) is 24.4 Å². The topological polar surface area (TPSA) is 42.9 Å². The van der Waals surface area contributed by atoms with Gasteiger partial charge in [-0.3, -0.25) is 4.79 Å². The lowest BCUT2D eigenvalue weighted by atomic mass is 9.72. The largest absolute Gasteiger partial charge is 0.299 e. The van der Waals surface area contributed by atoms with Crippen LogP contribution in [-0.2, 0) is 23.1 Å². The van der Waals surface area contributed by atoms with Crippen LogP contribution in [0.5, 0.6) is 0 Å². The van der Waals surface area contributed by atoms with Crippen molar-refractivity contribution in [2.75, 3.05) is 0 Å². The molecule has 3 heteroatoms. The van der Waals surface area contributed by atoms with E-state index in [1.807, 2.05) is 6.20 Å². The summed E-state index contributed by atoms with van der Waals surface area (Å²) in [6.45, 7) is 5.96. The van der Waals surface area contributed by atoms with E-state index in [9.17, 15) is 4.79 Å². The molecule has 4 rings (SSSR count). The molecular formula is C20H22N2O. The van der Waals surface area contributed by atoms with Crippen LogP contribution < -0.4 is 0 Å². The van der Waals surface area contributed by atoms with Gasteiger partial charge in [0.1, 0.15) is 11.6 Å². The molecule has 118 valence electrons. The van der Waals surface area contributed by atoms with Crippen molar-refractivity contribution in [2.45, 2.75) is 57.8 Å². The van der Waals surface area contributed by atoms with Crippen LogP contribution in [0.4, 0.5) is 0 Å². The molecule has 2 aliphatic rings. The Morgan fingerprint density at radius 2 is 2.00 bits per heavy atom. The number of aryl methyl sites for hydroxylation is 1. The van der Waals surface area contributed by atoms with E-state index in [0.717, 1.165) is 29.1 Å². The molecule has 1 saturated carbocycles. The smallest absolute Gasteiger partial charge is 0.141 e. The third-order valence-electron chi connectivity index (χ3n) is 5.67. The highest BCUT2D eigenvalue weighted by atomic mass is 16.1. The molecule has 1 atom stereocenters. The molecule has 1 heterocycles. The molecule has 23 heavy (non-hydrogen) atoms. The molecule has 0 radical (unpaired) electrons. The molecular weight excluding hydrogens is 284 g/mol. The number of Topliss-reactive ketones (excluding diaryl/α,β-unsaturated/α-hetero) is 1. The van der Waals surface area contributed by atoms with Crippen molar-refractivity contribution in [1.82, 2.24) is 9.97 Å². The van der Waals surface area contributed by atoms with Crippen molar-refractivity contribution in [1.29, 1.82) is 0 Å². The average Bonchev–Trinajstić information content (AvgIpc) is 3.29. The first-order chi connectivity index (χ1) is 11.0. The second-order valence-corrected chi connectivity index (χ2v) is 7.21. The Labute approximate surface area is 137 Å². The van der Waals surface area contributed by atoms with E-state index in [1.54, 1.807) is 6.92 Å². The molecule has 0 unspecified atom stereocenters. The van der Waals surface area contributed by atoms with Gasteiger partial charge in [0.2, 0.25) is 0 Å². The monoisotopic (exact) mass is 306 g/mol. The maximum atomic E-state index is 12.7. The van der Waals surface area contributed by atoms with Crippen LogP contribution in [0, 0.1) is 13.8 Å². The standard InChI is InChI=1S/C20H22N2O/c1-12-5-4-6-17(13(12)2)20(14(3)23)9-16-11-21-19(15-7-8-15)22-18(16)10-20/h4-6,11,15H,7-10H2,1-3H3/t20-/m0/s1. The third kappa shape index (κ3) is 2.21. The minimum Gasteiger partial charge on any atom is -0.299 e. The molecule has 2 aromatic rings. The Morgan fingerprint density at radius 1 is 1.22 bits per heavy atom. The number of aromatic nitrogens is 2. The fraction of sp³-hybridized carbons (Fsp3) is 0.450. The SMILES string of the molecule is CC(=O)[C@]1(c2cccc(C)c2C)Cc2cnc(C3CC3)nc2C1. The van der Waals surface area contributed by atoms with Gasteiger partial charge in [-0.1, -0.05) is 18.2 Å². The zero-order chi connectivity index (χ0) is 16.2. The van der Waals surface area contributed by atoms with E-state index in [-0.39, 0.29) is 5.78 Å². The summed E-state index contributed by atoms with van der Waals surface area (Å²) in [4.78, 5) is 22.0. The second kappa shape index (κ2) is 4.98. The zero-order valence-electron chi connectivity index (χ0n) is 14.0. The average molecular weight is 306 g/mol. The maximum absolute atomic E-state index is 12.7. The van der Waals surface area contributed by atoms with E-state index in [2.05, 4.69) is 37.0 Å². The van der Waals surface area contributed by atoms with Crippen molar-refractivity contribution in [3.05, 3.63) is 58.2 Å². The molecule has 0 saturated heterocycles. The van der Waals surface area contributed by atoms with Crippen LogP contribution in [0.25, 0.3) is 0 Å². The normalized spacial score (nSPS) is 22.9. The van der Waals surface area contributed by atoms with Gasteiger partial charge >= 0.3 is 0 Å². The van der Waals surface area contributed by atoms with Crippen LogP contribution in [0.1, 0.15) is 59.5 Å². The summed E-state index contributed by atoms with van der Waals surface area (Å²) in [5, 5.41) is 0. The Kier molecular flexibility index (Phi) is 3.15. The number of hydrogen-bond acceptors (Lipinski definition) is 3. The maximum Gasteiger partial charge on any atom is 0.141 e. The Hall–Kier alpha value is -2.03. The lowest BCUT2D eigenvalue weighted by molar-refractivity contribution is -0.122. The minimum atomic E-state index is -0.463. The fourth-order valence-corrected chi connectivity index (χ4v) is 3.87. The Bertz CT molecular complexity index is 807. The Balaban J connectivity index is 1.81. The van der Waals surface area contributed by atoms with Gasteiger partial charge in [-0.2, -0.15) is 0 Å². The number of ketones is 1. The minimum absolute atomic E-state index is 0.233. The van der Waals surface area contributed by atoms with Gasteiger partial charge in [-0.15, -0.1) is 0 Å². The molecule has 1 aromatic carbocycles. The van der Waals surface area contributed by atoms with Gasteiger partial charge < -0.3 is 0 Å². The predicted octanol–water partition coefficient (Wildman–Crippen LogP) is 3.60. The summed E-state index contributed by atoms with van der Waals surface area (Å²) in [7, 11) is 0. The molecule has 0 amide bonds. The van der Waals surface area contributed by atoms with Crippen LogP contribution in [-0.4, -0.2) is 15.8 Å². The van der Waals surface area contributed by atoms with Gasteiger partial charge in [-0.05, 0) is 62.3 Å². The summed E-state index contributed by atoms with van der Waals surface area (Å²) in [5.74, 6) is 1.76. The van der Waals surface area contributed by atoms with Crippen molar-refractivity contribution in [3.63, 3.8) is 0 Å². The van der Waals surface area contributed by atoms with Gasteiger partial charge in [0, 0.05) is 24.2 Å². The highest BCUT2D eigenvalue weighted by Crippen LogP contribution is 2.43. The van der Waals surface area contributed by atoms with Crippen LogP contribution >= 0.6 is 0 Å². The van der Waals surface area contributed by atoms with Crippen molar-refractivity contribution >= 4 is 5.78 Å². The van der Waals surface area contributed by atoms with Gasteiger partial charge in [0.05, 0.1) is 5.41 Å². The van der Waals surface area contributed by atoms with E-state index in [4.69, 9.17) is 4.98 Å². The first-order valence-corrected chi connectivity index (χ1v) is 8.44. The summed E-state index contributed by atoms with van der Waals surface area (Å²) < 4.78 is 0. The summed E-state index contributed by atoms with van der Waals surface area (Å²) in [6, 6.07) is 6.29. The van der Waals surface area contributed by atoms with Crippen LogP contribution in [0.3, 0.4) is 0 Å². The fourth-order valence-electron chi connectivity index (χ4n) is 3.87. The number of nitrogens with zero attached hydrogens (tertiary/aromatic N) is 2. The molecule has 2 aliphatic carbocycles. The number of rotatable bonds is 3. The quantitative estimate of drug-likeness (QED) is 0.870. The molecule has 1 aromatic heterocycles. The van der Waals surface area contributed by atoms with Crippen LogP contribution in [0.2, 0.25) is 0 Å². The molecule has 3 nitrogen and oxygen atoms in total. The lowest BCUT2D eigenvalue weighted by Crippen LogP contribution is -2.36. The third-order valence-corrected chi connectivity index (χ3v) is 5.67. The number of benzene rings is 1. The number of carbonyl (C=O) groups is 1. The second-order valence-electron chi connectivity index (χ2n) is 7.21. The predicted molar refractivity (Wildman–Crippen MR) is 89.7 cm³/mol. The van der Waals surface area contributed by atoms with Crippen molar-refractivity contribution in [3.8, 4) is 0 Å². The number of carbonyl (C=O) groups excluding carboxylic acids is 1. The highest BCUT2D eigenvalue weighted by molar-refractivity contribution is 5.90. The molecule has 0 aliphatic heterocycles. The van der Waals surface area contributed by atoms with E-state index in [1.165, 1.54) is 24.0 Å². The molecule has 1 fully saturated rings.